The summed E-state index contributed by atoms with van der Waals surface area (Å²) in [5.74, 6) is 0.455. The molecule has 0 saturated heterocycles. The highest BCUT2D eigenvalue weighted by Gasteiger charge is 2.25. The van der Waals surface area contributed by atoms with Crippen LogP contribution in [0.5, 0.6) is 0 Å². The van der Waals surface area contributed by atoms with Gasteiger partial charge < -0.3 is 14.1 Å². The smallest absolute Gasteiger partial charge is 0.338 e. The zero-order valence-electron chi connectivity index (χ0n) is 18.5. The number of hydrogen-bond donors (Lipinski definition) is 1. The van der Waals surface area contributed by atoms with Crippen LogP contribution in [0.1, 0.15) is 40.9 Å². The van der Waals surface area contributed by atoms with Gasteiger partial charge in [0.25, 0.3) is 16.9 Å². The minimum Gasteiger partial charge on any atom is -0.498 e. The summed E-state index contributed by atoms with van der Waals surface area (Å²) in [5, 5.41) is 5.05. The first-order valence-corrected chi connectivity index (χ1v) is 10.4. The first-order chi connectivity index (χ1) is 14.8. The van der Waals surface area contributed by atoms with Gasteiger partial charge in [-0.2, -0.15) is 0 Å². The number of carbonyl (C=O) groups is 2. The number of fused-ring (bicyclic) bond motifs is 3. The first-order valence-electron chi connectivity index (χ1n) is 10.4. The Morgan fingerprint density at radius 2 is 1.52 bits per heavy atom. The van der Waals surface area contributed by atoms with E-state index in [1.54, 1.807) is 19.1 Å². The molecule has 0 fully saturated rings. The first kappa shape index (κ1) is 20.7. The fourth-order valence-electron chi connectivity index (χ4n) is 4.23. The van der Waals surface area contributed by atoms with Gasteiger partial charge in [-0.25, -0.2) is 4.79 Å². The van der Waals surface area contributed by atoms with E-state index in [4.69, 9.17) is 4.74 Å². The van der Waals surface area contributed by atoms with E-state index in [1.807, 2.05) is 31.2 Å². The van der Waals surface area contributed by atoms with Gasteiger partial charge in [-0.1, -0.05) is 0 Å². The lowest BCUT2D eigenvalue weighted by atomic mass is 10.0. The zero-order valence-corrected chi connectivity index (χ0v) is 18.5. The normalized spacial score (nSPS) is 11.1. The van der Waals surface area contributed by atoms with Crippen LogP contribution >= 0.6 is 0 Å². The average molecular weight is 416 g/mol. The Hall–Kier alpha value is -3.60. The van der Waals surface area contributed by atoms with Gasteiger partial charge in [-0.05, 0) is 69.7 Å². The number of furan rings is 1. The Morgan fingerprint density at radius 1 is 0.903 bits per heavy atom. The predicted octanol–water partition coefficient (Wildman–Crippen LogP) is 6.32. The molecular weight excluding hydrogens is 390 g/mol. The largest absolute Gasteiger partial charge is 0.498 e. The van der Waals surface area contributed by atoms with Crippen LogP contribution < -0.4 is 5.32 Å². The maximum atomic E-state index is 12.1. The predicted molar refractivity (Wildman–Crippen MR) is 124 cm³/mol. The maximum Gasteiger partial charge on any atom is 0.338 e. The number of anilines is 1. The lowest BCUT2D eigenvalue weighted by molar-refractivity contribution is -0.114. The van der Waals surface area contributed by atoms with Crippen molar-refractivity contribution in [2.45, 2.75) is 34.6 Å². The summed E-state index contributed by atoms with van der Waals surface area (Å²) >= 11 is 0. The van der Waals surface area contributed by atoms with Crippen molar-refractivity contribution in [3.05, 3.63) is 70.8 Å². The number of nitrogens with one attached hydrogen (secondary N) is 1. The maximum absolute atomic E-state index is 12.1. The fourth-order valence-corrected chi connectivity index (χ4v) is 4.23. The quantitative estimate of drug-likeness (QED) is 0.313. The molecule has 0 bridgehead atoms. The molecule has 5 heteroatoms. The SMILES string of the molecule is CCOC(=O)c1ccc(-[o+]2c3c(C)cc(C)cc3c3cc(NC(C)=O)cc(C)c32)cc1. The van der Waals surface area contributed by atoms with Crippen molar-refractivity contribution in [2.24, 2.45) is 0 Å². The highest BCUT2D eigenvalue weighted by Crippen LogP contribution is 2.43. The third-order valence-corrected chi connectivity index (χ3v) is 5.31. The molecule has 0 aliphatic rings. The van der Waals surface area contributed by atoms with E-state index in [1.165, 1.54) is 12.5 Å². The minimum absolute atomic E-state index is 0.0999. The number of ether oxygens (including phenoxy) is 1. The minimum atomic E-state index is -0.329. The number of esters is 1. The third kappa shape index (κ3) is 3.67. The van der Waals surface area contributed by atoms with Crippen molar-refractivity contribution < 1.29 is 18.4 Å². The van der Waals surface area contributed by atoms with Crippen LogP contribution in [0.2, 0.25) is 0 Å². The van der Waals surface area contributed by atoms with Crippen molar-refractivity contribution in [3.63, 3.8) is 0 Å². The molecule has 4 rings (SSSR count). The molecule has 0 aliphatic heterocycles. The molecule has 1 aromatic heterocycles. The highest BCUT2D eigenvalue weighted by molar-refractivity contribution is 6.10. The second-order valence-electron chi connectivity index (χ2n) is 7.86. The second kappa shape index (κ2) is 7.91. The Bertz CT molecular complexity index is 1330. The van der Waals surface area contributed by atoms with Crippen LogP contribution in [0, 0.1) is 20.8 Å². The van der Waals surface area contributed by atoms with Crippen LogP contribution in [0.4, 0.5) is 5.69 Å². The summed E-state index contributed by atoms with van der Waals surface area (Å²) in [4.78, 5) is 23.7. The van der Waals surface area contributed by atoms with Gasteiger partial charge >= 0.3 is 5.97 Å². The number of benzene rings is 3. The van der Waals surface area contributed by atoms with E-state index >= 15 is 0 Å². The highest BCUT2D eigenvalue weighted by atomic mass is 16.6. The Morgan fingerprint density at radius 3 is 2.13 bits per heavy atom. The van der Waals surface area contributed by atoms with Crippen molar-refractivity contribution in [1.82, 2.24) is 0 Å². The average Bonchev–Trinajstić information content (AvgIpc) is 3.03. The van der Waals surface area contributed by atoms with Gasteiger partial charge in [0, 0.05) is 35.9 Å². The van der Waals surface area contributed by atoms with Crippen molar-refractivity contribution in [3.8, 4) is 5.75 Å². The molecule has 1 heterocycles. The summed E-state index contributed by atoms with van der Waals surface area (Å²) in [6, 6.07) is 15.7. The van der Waals surface area contributed by atoms with Crippen LogP contribution in [0.15, 0.2) is 52.6 Å². The van der Waals surface area contributed by atoms with E-state index in [0.717, 1.165) is 44.5 Å². The Balaban J connectivity index is 2.02. The summed E-state index contributed by atoms with van der Waals surface area (Å²) in [6.07, 6.45) is 0. The van der Waals surface area contributed by atoms with Crippen molar-refractivity contribution in [2.75, 3.05) is 11.9 Å². The van der Waals surface area contributed by atoms with Crippen LogP contribution in [0.3, 0.4) is 0 Å². The lowest BCUT2D eigenvalue weighted by Gasteiger charge is -2.09. The van der Waals surface area contributed by atoms with E-state index in [2.05, 4.69) is 35.3 Å². The monoisotopic (exact) mass is 416 g/mol. The number of amides is 1. The molecular formula is C26H26NO4+. The van der Waals surface area contributed by atoms with Gasteiger partial charge in [0.1, 0.15) is 0 Å². The van der Waals surface area contributed by atoms with Crippen LogP contribution in [0.25, 0.3) is 27.7 Å². The molecule has 0 spiro atoms. The van der Waals surface area contributed by atoms with Gasteiger partial charge in [0.05, 0.1) is 22.9 Å². The molecule has 1 amide bonds. The zero-order chi connectivity index (χ0) is 22.3. The molecule has 0 unspecified atom stereocenters. The second-order valence-corrected chi connectivity index (χ2v) is 7.86. The Labute approximate surface area is 181 Å². The molecule has 0 saturated carbocycles. The van der Waals surface area contributed by atoms with Gasteiger partial charge in [0.2, 0.25) is 5.91 Å². The van der Waals surface area contributed by atoms with Gasteiger partial charge in [-0.15, -0.1) is 0 Å². The fraction of sp³-hybridized carbons (Fsp3) is 0.231. The summed E-state index contributed by atoms with van der Waals surface area (Å²) in [7, 11) is 0. The van der Waals surface area contributed by atoms with Crippen molar-refractivity contribution in [1.29, 1.82) is 0 Å². The van der Waals surface area contributed by atoms with E-state index in [-0.39, 0.29) is 11.9 Å². The summed E-state index contributed by atoms with van der Waals surface area (Å²) in [5.41, 5.74) is 6.65. The summed E-state index contributed by atoms with van der Waals surface area (Å²) in [6.45, 7) is 9.86. The molecule has 4 aromatic rings. The molecule has 0 aliphatic carbocycles. The standard InChI is InChI=1S/C26H25NO4/c1-6-30-26(29)19-7-9-21(10-8-19)31-24-16(3)11-15(2)12-22(24)23-14-20(27-18(5)28)13-17(4)25(23)31/h7-14H,6H2,1-5H3/p+1. The Kier molecular flexibility index (Phi) is 5.27. The number of carbonyl (C=O) groups excluding carboxylic acids is 2. The third-order valence-electron chi connectivity index (χ3n) is 5.31. The topological polar surface area (TPSA) is 58.1 Å². The molecule has 0 radical (unpaired) electrons. The molecule has 3 aromatic carbocycles. The number of rotatable bonds is 4. The molecule has 31 heavy (non-hydrogen) atoms. The van der Waals surface area contributed by atoms with E-state index in [0.29, 0.717) is 12.2 Å². The molecule has 0 atom stereocenters. The number of aryl methyl sites for hydroxylation is 3. The van der Waals surface area contributed by atoms with Crippen LogP contribution in [-0.4, -0.2) is 18.5 Å². The van der Waals surface area contributed by atoms with E-state index < -0.39 is 0 Å². The lowest BCUT2D eigenvalue weighted by Crippen LogP contribution is -2.05. The molecule has 158 valence electrons. The molecule has 5 nitrogen and oxygen atoms in total. The number of hydrogen-bond acceptors (Lipinski definition) is 3. The van der Waals surface area contributed by atoms with E-state index in [9.17, 15) is 9.59 Å². The summed E-state index contributed by atoms with van der Waals surface area (Å²) < 4.78 is 8.43. The van der Waals surface area contributed by atoms with Gasteiger partial charge in [-0.3, -0.25) is 4.79 Å². The van der Waals surface area contributed by atoms with Crippen LogP contribution in [-0.2, 0) is 9.53 Å². The van der Waals surface area contributed by atoms with Gasteiger partial charge in [0.15, 0.2) is 0 Å². The molecule has 1 N–H and O–H groups in total. The van der Waals surface area contributed by atoms with Crippen molar-refractivity contribution >= 4 is 39.5 Å².